The normalized spacial score (nSPS) is 22.0. The SMILES string of the molecule is O=C(O)CN(CC1CC1)C1CC(NC(=O)Nc2cc(F)cc(F)c2F)C1. The molecule has 2 aliphatic carbocycles. The van der Waals surface area contributed by atoms with Gasteiger partial charge in [-0.2, -0.15) is 0 Å². The molecule has 0 aromatic heterocycles. The van der Waals surface area contributed by atoms with Gasteiger partial charge in [0.15, 0.2) is 11.6 Å². The van der Waals surface area contributed by atoms with Crippen molar-refractivity contribution in [3.63, 3.8) is 0 Å². The minimum atomic E-state index is -1.38. The van der Waals surface area contributed by atoms with Gasteiger partial charge in [-0.3, -0.25) is 9.69 Å². The summed E-state index contributed by atoms with van der Waals surface area (Å²) in [6.45, 7) is 0.706. The van der Waals surface area contributed by atoms with Gasteiger partial charge in [0.25, 0.3) is 0 Å². The number of urea groups is 1. The fourth-order valence-corrected chi connectivity index (χ4v) is 3.14. The number of halogens is 3. The van der Waals surface area contributed by atoms with Crippen molar-refractivity contribution in [1.82, 2.24) is 10.2 Å². The molecule has 1 aromatic rings. The number of nitrogens with zero attached hydrogens (tertiary/aromatic N) is 1. The predicted molar refractivity (Wildman–Crippen MR) is 87.2 cm³/mol. The van der Waals surface area contributed by atoms with Gasteiger partial charge in [0.2, 0.25) is 0 Å². The van der Waals surface area contributed by atoms with E-state index in [2.05, 4.69) is 10.6 Å². The molecular formula is C17H20F3N3O3. The largest absolute Gasteiger partial charge is 0.480 e. The molecule has 26 heavy (non-hydrogen) atoms. The Kier molecular flexibility index (Phi) is 5.36. The minimum Gasteiger partial charge on any atom is -0.480 e. The lowest BCUT2D eigenvalue weighted by Crippen LogP contribution is -2.55. The van der Waals surface area contributed by atoms with Crippen molar-refractivity contribution in [2.24, 2.45) is 5.92 Å². The molecule has 2 fully saturated rings. The number of hydrogen-bond acceptors (Lipinski definition) is 3. The number of carbonyl (C=O) groups is 2. The van der Waals surface area contributed by atoms with E-state index < -0.39 is 35.1 Å². The van der Waals surface area contributed by atoms with Crippen LogP contribution in [-0.4, -0.2) is 47.2 Å². The lowest BCUT2D eigenvalue weighted by molar-refractivity contribution is -0.139. The van der Waals surface area contributed by atoms with Gasteiger partial charge in [-0.15, -0.1) is 0 Å². The average molecular weight is 371 g/mol. The number of carbonyl (C=O) groups excluding carboxylic acids is 1. The van der Waals surface area contributed by atoms with Crippen molar-refractivity contribution in [3.8, 4) is 0 Å². The van der Waals surface area contributed by atoms with Gasteiger partial charge in [0.1, 0.15) is 5.82 Å². The van der Waals surface area contributed by atoms with Gasteiger partial charge >= 0.3 is 12.0 Å². The maximum atomic E-state index is 13.5. The zero-order chi connectivity index (χ0) is 18.8. The summed E-state index contributed by atoms with van der Waals surface area (Å²) in [5.74, 6) is -4.04. The maximum Gasteiger partial charge on any atom is 0.319 e. The molecule has 0 saturated heterocycles. The highest BCUT2D eigenvalue weighted by molar-refractivity contribution is 5.89. The summed E-state index contributed by atoms with van der Waals surface area (Å²) in [7, 11) is 0. The molecule has 0 radical (unpaired) electrons. The highest BCUT2D eigenvalue weighted by atomic mass is 19.2. The highest BCUT2D eigenvalue weighted by Gasteiger charge is 2.37. The fraction of sp³-hybridized carbons (Fsp3) is 0.529. The molecule has 0 aliphatic heterocycles. The van der Waals surface area contributed by atoms with Crippen LogP contribution in [0.4, 0.5) is 23.7 Å². The van der Waals surface area contributed by atoms with Gasteiger partial charge in [0, 0.05) is 30.8 Å². The molecule has 0 bridgehead atoms. The van der Waals surface area contributed by atoms with Crippen molar-refractivity contribution in [2.45, 2.75) is 37.8 Å². The molecule has 3 N–H and O–H groups in total. The third-order valence-electron chi connectivity index (χ3n) is 4.73. The monoisotopic (exact) mass is 371 g/mol. The van der Waals surface area contributed by atoms with E-state index in [9.17, 15) is 22.8 Å². The first kappa shape index (κ1) is 18.5. The van der Waals surface area contributed by atoms with Crippen LogP contribution in [0.15, 0.2) is 12.1 Å². The molecule has 2 saturated carbocycles. The molecule has 0 spiro atoms. The Hall–Kier alpha value is -2.29. The average Bonchev–Trinajstić information content (AvgIpc) is 3.30. The van der Waals surface area contributed by atoms with Gasteiger partial charge < -0.3 is 15.7 Å². The van der Waals surface area contributed by atoms with Gasteiger partial charge in [-0.05, 0) is 31.6 Å². The van der Waals surface area contributed by atoms with Crippen LogP contribution in [0.3, 0.4) is 0 Å². The topological polar surface area (TPSA) is 81.7 Å². The first-order valence-corrected chi connectivity index (χ1v) is 8.49. The standard InChI is InChI=1S/C17H20F3N3O3/c18-10-3-13(19)16(20)14(4-10)22-17(26)21-11-5-12(6-11)23(8-15(24)25)7-9-1-2-9/h3-4,9,11-12H,1-2,5-8H2,(H,24,25)(H2,21,22,26). The lowest BCUT2D eigenvalue weighted by atomic mass is 9.85. The Labute approximate surface area is 148 Å². The lowest BCUT2D eigenvalue weighted by Gasteiger charge is -2.42. The zero-order valence-electron chi connectivity index (χ0n) is 14.0. The van der Waals surface area contributed by atoms with E-state index in [4.69, 9.17) is 5.11 Å². The van der Waals surface area contributed by atoms with Crippen LogP contribution in [0.5, 0.6) is 0 Å². The molecule has 0 heterocycles. The van der Waals surface area contributed by atoms with E-state index in [0.717, 1.165) is 19.4 Å². The first-order valence-electron chi connectivity index (χ1n) is 8.49. The molecule has 6 nitrogen and oxygen atoms in total. The van der Waals surface area contributed by atoms with Crippen LogP contribution >= 0.6 is 0 Å². The Morgan fingerprint density at radius 1 is 1.19 bits per heavy atom. The molecule has 0 unspecified atom stereocenters. The van der Waals surface area contributed by atoms with E-state index in [0.29, 0.717) is 30.9 Å². The number of rotatable bonds is 7. The van der Waals surface area contributed by atoms with Gasteiger partial charge in [-0.1, -0.05) is 0 Å². The molecule has 1 aromatic carbocycles. The third-order valence-corrected chi connectivity index (χ3v) is 4.73. The van der Waals surface area contributed by atoms with E-state index in [1.54, 1.807) is 0 Å². The van der Waals surface area contributed by atoms with Crippen LogP contribution in [0.1, 0.15) is 25.7 Å². The number of benzene rings is 1. The van der Waals surface area contributed by atoms with Crippen LogP contribution in [0.25, 0.3) is 0 Å². The predicted octanol–water partition coefficient (Wildman–Crippen LogP) is 2.55. The van der Waals surface area contributed by atoms with Crippen LogP contribution in [0, 0.1) is 23.4 Å². The molecule has 2 amide bonds. The zero-order valence-corrected chi connectivity index (χ0v) is 14.0. The van der Waals surface area contributed by atoms with E-state index in [1.807, 2.05) is 4.90 Å². The third kappa shape index (κ3) is 4.66. The van der Waals surface area contributed by atoms with E-state index in [1.165, 1.54) is 0 Å². The van der Waals surface area contributed by atoms with Crippen molar-refractivity contribution >= 4 is 17.7 Å². The molecular weight excluding hydrogens is 351 g/mol. The number of carboxylic acid groups (broad SMARTS) is 1. The summed E-state index contributed by atoms with van der Waals surface area (Å²) in [4.78, 5) is 24.8. The van der Waals surface area contributed by atoms with Crippen molar-refractivity contribution in [3.05, 3.63) is 29.6 Å². The van der Waals surface area contributed by atoms with Crippen LogP contribution < -0.4 is 10.6 Å². The van der Waals surface area contributed by atoms with Crippen molar-refractivity contribution in [1.29, 1.82) is 0 Å². The molecule has 2 aliphatic rings. The summed E-state index contributed by atoms with van der Waals surface area (Å²) in [6.07, 6.45) is 3.38. The Morgan fingerprint density at radius 2 is 1.88 bits per heavy atom. The number of carboxylic acids is 1. The second-order valence-corrected chi connectivity index (χ2v) is 6.94. The Morgan fingerprint density at radius 3 is 2.50 bits per heavy atom. The van der Waals surface area contributed by atoms with Crippen LogP contribution in [-0.2, 0) is 4.79 Å². The molecule has 9 heteroatoms. The summed E-state index contributed by atoms with van der Waals surface area (Å²) in [5, 5.41) is 13.7. The van der Waals surface area contributed by atoms with Crippen LogP contribution in [0.2, 0.25) is 0 Å². The van der Waals surface area contributed by atoms with Crippen molar-refractivity contribution < 1.29 is 27.9 Å². The fourth-order valence-electron chi connectivity index (χ4n) is 3.14. The molecule has 142 valence electrons. The van der Waals surface area contributed by atoms with E-state index in [-0.39, 0.29) is 18.6 Å². The summed E-state index contributed by atoms with van der Waals surface area (Å²) < 4.78 is 39.8. The molecule has 3 rings (SSSR count). The Bertz CT molecular complexity index is 706. The van der Waals surface area contributed by atoms with Gasteiger partial charge in [-0.25, -0.2) is 18.0 Å². The number of hydrogen-bond donors (Lipinski definition) is 3. The van der Waals surface area contributed by atoms with E-state index >= 15 is 0 Å². The maximum absolute atomic E-state index is 13.5. The summed E-state index contributed by atoms with van der Waals surface area (Å²) >= 11 is 0. The van der Waals surface area contributed by atoms with Crippen molar-refractivity contribution in [2.75, 3.05) is 18.4 Å². The number of anilines is 1. The van der Waals surface area contributed by atoms with Gasteiger partial charge in [0.05, 0.1) is 12.2 Å². The summed E-state index contributed by atoms with van der Waals surface area (Å²) in [6, 6.07) is 0.208. The molecule has 0 atom stereocenters. The quantitative estimate of drug-likeness (QED) is 0.644. The first-order chi connectivity index (χ1) is 12.3. The minimum absolute atomic E-state index is 0.0339. The highest BCUT2D eigenvalue weighted by Crippen LogP contribution is 2.33. The summed E-state index contributed by atoms with van der Waals surface area (Å²) in [5.41, 5.74) is -0.572. The Balaban J connectivity index is 1.48. The number of nitrogens with one attached hydrogen (secondary N) is 2. The second-order valence-electron chi connectivity index (χ2n) is 6.94. The smallest absolute Gasteiger partial charge is 0.319 e. The number of aliphatic carboxylic acids is 1. The number of amides is 2. The second kappa shape index (κ2) is 7.53.